The van der Waals surface area contributed by atoms with Crippen LogP contribution in [0.4, 0.5) is 5.69 Å². The quantitative estimate of drug-likeness (QED) is 0.371. The number of nitrogens with one attached hydrogen (secondary N) is 2. The molecule has 1 heterocycles. The minimum Gasteiger partial charge on any atom is -0.465 e. The van der Waals surface area contributed by atoms with Gasteiger partial charge in [-0.1, -0.05) is 18.2 Å². The molecule has 1 aliphatic carbocycles. The van der Waals surface area contributed by atoms with Gasteiger partial charge in [0.05, 0.1) is 18.7 Å². The maximum absolute atomic E-state index is 12.6. The molecule has 0 unspecified atom stereocenters. The van der Waals surface area contributed by atoms with Crippen molar-refractivity contribution >= 4 is 22.6 Å². The van der Waals surface area contributed by atoms with Gasteiger partial charge in [-0.25, -0.2) is 9.79 Å². The number of benzene rings is 3. The SMILES string of the molecule is CCNc1cc2oc3cc(=[NH+]CC)c(C)cc-3c(-c3ccccc3C(=O)OC)c2cc1C. The summed E-state index contributed by atoms with van der Waals surface area (Å²) in [5.41, 5.74) is 7.33. The van der Waals surface area contributed by atoms with Crippen molar-refractivity contribution < 1.29 is 18.9 Å². The fourth-order valence-corrected chi connectivity index (χ4v) is 4.24. The molecule has 4 rings (SSSR count). The Labute approximate surface area is 188 Å². The summed E-state index contributed by atoms with van der Waals surface area (Å²) < 4.78 is 11.5. The maximum atomic E-state index is 12.6. The van der Waals surface area contributed by atoms with Crippen molar-refractivity contribution in [1.82, 2.24) is 0 Å². The molecule has 0 aromatic heterocycles. The van der Waals surface area contributed by atoms with Crippen LogP contribution in [-0.2, 0) is 4.74 Å². The summed E-state index contributed by atoms with van der Waals surface area (Å²) in [4.78, 5) is 16.0. The monoisotopic (exact) mass is 429 g/mol. The third kappa shape index (κ3) is 3.75. The van der Waals surface area contributed by atoms with Crippen molar-refractivity contribution in [1.29, 1.82) is 0 Å². The van der Waals surface area contributed by atoms with Crippen LogP contribution in [0.1, 0.15) is 35.3 Å². The van der Waals surface area contributed by atoms with Gasteiger partial charge in [-0.15, -0.1) is 0 Å². The Morgan fingerprint density at radius 3 is 2.53 bits per heavy atom. The summed E-state index contributed by atoms with van der Waals surface area (Å²) in [6.45, 7) is 9.95. The number of methoxy groups -OCH3 is 1. The summed E-state index contributed by atoms with van der Waals surface area (Å²) in [6.07, 6.45) is 0. The molecule has 2 aliphatic rings. The predicted molar refractivity (Wildman–Crippen MR) is 128 cm³/mol. The van der Waals surface area contributed by atoms with Crippen molar-refractivity contribution in [3.8, 4) is 22.5 Å². The molecule has 0 saturated carbocycles. The van der Waals surface area contributed by atoms with E-state index in [1.807, 2.05) is 36.4 Å². The lowest BCUT2D eigenvalue weighted by atomic mass is 9.89. The first-order chi connectivity index (χ1) is 15.5. The highest BCUT2D eigenvalue weighted by molar-refractivity contribution is 6.08. The summed E-state index contributed by atoms with van der Waals surface area (Å²) in [7, 11) is 1.41. The average Bonchev–Trinajstić information content (AvgIpc) is 2.79. The van der Waals surface area contributed by atoms with Gasteiger partial charge < -0.3 is 14.5 Å². The molecule has 164 valence electrons. The minimum atomic E-state index is -0.357. The largest absolute Gasteiger partial charge is 0.465 e. The van der Waals surface area contributed by atoms with Gasteiger partial charge >= 0.3 is 5.97 Å². The van der Waals surface area contributed by atoms with Gasteiger partial charge in [-0.2, -0.15) is 0 Å². The normalized spacial score (nSPS) is 11.8. The molecule has 0 atom stereocenters. The Kier molecular flexibility index (Phi) is 5.99. The van der Waals surface area contributed by atoms with Gasteiger partial charge in [0.15, 0.2) is 0 Å². The lowest BCUT2D eigenvalue weighted by Gasteiger charge is -2.19. The van der Waals surface area contributed by atoms with Crippen molar-refractivity contribution in [3.63, 3.8) is 0 Å². The molecule has 32 heavy (non-hydrogen) atoms. The molecular formula is C27H29N2O3+. The summed E-state index contributed by atoms with van der Waals surface area (Å²) in [6, 6.07) is 15.9. The molecule has 0 fully saturated rings. The third-order valence-electron chi connectivity index (χ3n) is 5.75. The zero-order valence-corrected chi connectivity index (χ0v) is 19.3. The molecule has 0 spiro atoms. The van der Waals surface area contributed by atoms with Crippen LogP contribution in [0.2, 0.25) is 0 Å². The van der Waals surface area contributed by atoms with Crippen LogP contribution < -0.4 is 15.7 Å². The molecule has 0 saturated heterocycles. The van der Waals surface area contributed by atoms with Gasteiger partial charge in [0.25, 0.3) is 0 Å². The van der Waals surface area contributed by atoms with Crippen LogP contribution in [0.5, 0.6) is 0 Å². The summed E-state index contributed by atoms with van der Waals surface area (Å²) >= 11 is 0. The molecule has 2 aromatic carbocycles. The van der Waals surface area contributed by atoms with Gasteiger partial charge in [0.2, 0.25) is 5.36 Å². The summed E-state index contributed by atoms with van der Waals surface area (Å²) in [5, 5.41) is 5.41. The molecule has 2 N–H and O–H groups in total. The van der Waals surface area contributed by atoms with Crippen molar-refractivity contribution in [2.75, 3.05) is 25.5 Å². The number of hydrogen-bond donors (Lipinski definition) is 2. The van der Waals surface area contributed by atoms with Crippen LogP contribution in [-0.4, -0.2) is 26.2 Å². The van der Waals surface area contributed by atoms with Crippen LogP contribution in [0.15, 0.2) is 52.9 Å². The predicted octanol–water partition coefficient (Wildman–Crippen LogP) is 4.04. The molecule has 2 aromatic rings. The fourth-order valence-electron chi connectivity index (χ4n) is 4.24. The topological polar surface area (TPSA) is 65.4 Å². The van der Waals surface area contributed by atoms with E-state index in [0.29, 0.717) is 5.56 Å². The van der Waals surface area contributed by atoms with Gasteiger partial charge in [-0.05, 0) is 57.0 Å². The molecule has 0 bridgehead atoms. The first kappa shape index (κ1) is 21.6. The van der Waals surface area contributed by atoms with Crippen LogP contribution in [0, 0.1) is 13.8 Å². The van der Waals surface area contributed by atoms with E-state index in [1.165, 1.54) is 7.11 Å². The fraction of sp³-hybridized carbons (Fsp3) is 0.259. The Balaban J connectivity index is 2.18. The van der Waals surface area contributed by atoms with E-state index < -0.39 is 0 Å². The van der Waals surface area contributed by atoms with Gasteiger partial charge in [0.1, 0.15) is 17.9 Å². The van der Waals surface area contributed by atoms with Crippen molar-refractivity contribution in [3.05, 3.63) is 70.6 Å². The minimum absolute atomic E-state index is 0.357. The number of ether oxygens (including phenoxy) is 1. The van der Waals surface area contributed by atoms with E-state index in [4.69, 9.17) is 9.15 Å². The molecule has 1 aliphatic heterocycles. The highest BCUT2D eigenvalue weighted by Crippen LogP contribution is 2.42. The van der Waals surface area contributed by atoms with E-state index in [9.17, 15) is 4.79 Å². The number of esters is 1. The molecule has 5 nitrogen and oxygen atoms in total. The summed E-state index contributed by atoms with van der Waals surface area (Å²) in [5.74, 6) is 0.407. The van der Waals surface area contributed by atoms with Crippen LogP contribution in [0.3, 0.4) is 0 Å². The van der Waals surface area contributed by atoms with Crippen LogP contribution >= 0.6 is 0 Å². The number of carbonyl (C=O) groups excluding carboxylic acids is 1. The van der Waals surface area contributed by atoms with E-state index >= 15 is 0 Å². The van der Waals surface area contributed by atoms with Gasteiger partial charge in [0, 0.05) is 40.4 Å². The molecular weight excluding hydrogens is 400 g/mol. The number of aryl methyl sites for hydroxylation is 2. The van der Waals surface area contributed by atoms with E-state index in [1.54, 1.807) is 0 Å². The van der Waals surface area contributed by atoms with Crippen molar-refractivity contribution in [2.45, 2.75) is 27.7 Å². The molecule has 5 heteroatoms. The van der Waals surface area contributed by atoms with Gasteiger partial charge in [-0.3, -0.25) is 0 Å². The lowest BCUT2D eigenvalue weighted by molar-refractivity contribution is -0.496. The Bertz CT molecular complexity index is 1350. The maximum Gasteiger partial charge on any atom is 0.338 e. The smallest absolute Gasteiger partial charge is 0.338 e. The average molecular weight is 430 g/mol. The second-order valence-corrected chi connectivity index (χ2v) is 7.90. The molecule has 0 amide bonds. The highest BCUT2D eigenvalue weighted by atomic mass is 16.5. The molecule has 0 radical (unpaired) electrons. The van der Waals surface area contributed by atoms with Crippen molar-refractivity contribution in [2.24, 2.45) is 0 Å². The lowest BCUT2D eigenvalue weighted by Crippen LogP contribution is -2.76. The first-order valence-electron chi connectivity index (χ1n) is 11.0. The number of hydrogen-bond acceptors (Lipinski definition) is 4. The number of carbonyl (C=O) groups is 1. The van der Waals surface area contributed by atoms with E-state index in [0.717, 1.165) is 68.7 Å². The second kappa shape index (κ2) is 8.87. The number of rotatable bonds is 5. The second-order valence-electron chi connectivity index (χ2n) is 7.90. The number of fused-ring (bicyclic) bond motifs is 2. The zero-order chi connectivity index (χ0) is 22.8. The Hall–Kier alpha value is -3.60. The Morgan fingerprint density at radius 2 is 1.81 bits per heavy atom. The zero-order valence-electron chi connectivity index (χ0n) is 19.3. The number of anilines is 1. The first-order valence-corrected chi connectivity index (χ1v) is 11.0. The van der Waals surface area contributed by atoms with E-state index in [2.05, 4.69) is 50.1 Å². The highest BCUT2D eigenvalue weighted by Gasteiger charge is 2.23. The van der Waals surface area contributed by atoms with E-state index in [-0.39, 0.29) is 5.97 Å². The third-order valence-corrected chi connectivity index (χ3v) is 5.75. The Morgan fingerprint density at radius 1 is 1.03 bits per heavy atom. The van der Waals surface area contributed by atoms with Crippen LogP contribution in [0.25, 0.3) is 33.4 Å². The standard InChI is InChI=1S/C27H28N2O3/c1-6-28-22-14-24-20(12-16(22)3)26(18-10-8-9-11-19(18)27(30)31-5)21-13-17(4)23(29-7-2)15-25(21)32-24/h8-15,28H,6-7H2,1-5H3/p+1.